The van der Waals surface area contributed by atoms with Gasteiger partial charge in [-0.25, -0.2) is 0 Å². The van der Waals surface area contributed by atoms with E-state index in [1.54, 1.807) is 0 Å². The van der Waals surface area contributed by atoms with Crippen molar-refractivity contribution in [1.82, 2.24) is 15.2 Å². The number of nitrogens with one attached hydrogen (secondary N) is 1. The zero-order valence-corrected chi connectivity index (χ0v) is 12.9. The van der Waals surface area contributed by atoms with Crippen LogP contribution in [-0.4, -0.2) is 15.8 Å². The summed E-state index contributed by atoms with van der Waals surface area (Å²) in [7, 11) is 1.96. The van der Waals surface area contributed by atoms with E-state index in [2.05, 4.69) is 24.4 Å². The summed E-state index contributed by atoms with van der Waals surface area (Å²) in [5, 5.41) is 5.29. The standard InChI is InChI=1S/C14H25ClN4/c1-4-11-14(15)13(19(3)18-11)8-12(17-16)10-7-5-6-9(10)2/h9-10,12,17H,4-8,16H2,1-3H3. The zero-order valence-electron chi connectivity index (χ0n) is 12.1. The molecule has 0 saturated heterocycles. The largest absolute Gasteiger partial charge is 0.271 e. The van der Waals surface area contributed by atoms with Gasteiger partial charge in [0, 0.05) is 19.5 Å². The van der Waals surface area contributed by atoms with Crippen molar-refractivity contribution in [3.05, 3.63) is 16.4 Å². The zero-order chi connectivity index (χ0) is 14.0. The van der Waals surface area contributed by atoms with Crippen LogP contribution in [-0.2, 0) is 19.9 Å². The van der Waals surface area contributed by atoms with Crippen molar-refractivity contribution in [2.24, 2.45) is 24.7 Å². The maximum atomic E-state index is 6.42. The van der Waals surface area contributed by atoms with Crippen LogP contribution in [0.3, 0.4) is 0 Å². The van der Waals surface area contributed by atoms with Gasteiger partial charge in [-0.05, 0) is 24.7 Å². The molecule has 1 saturated carbocycles. The third-order valence-electron chi connectivity index (χ3n) is 4.57. The molecule has 108 valence electrons. The van der Waals surface area contributed by atoms with Gasteiger partial charge in [0.25, 0.3) is 0 Å². The third kappa shape index (κ3) is 2.96. The smallest absolute Gasteiger partial charge is 0.0850 e. The second-order valence-electron chi connectivity index (χ2n) is 5.73. The van der Waals surface area contributed by atoms with Crippen LogP contribution in [0.2, 0.25) is 5.02 Å². The van der Waals surface area contributed by atoms with E-state index in [9.17, 15) is 0 Å². The predicted octanol–water partition coefficient (Wildman–Crippen LogP) is 2.45. The van der Waals surface area contributed by atoms with Crippen molar-refractivity contribution < 1.29 is 0 Å². The van der Waals surface area contributed by atoms with Gasteiger partial charge in [-0.2, -0.15) is 5.10 Å². The molecular weight excluding hydrogens is 260 g/mol. The van der Waals surface area contributed by atoms with Crippen LogP contribution in [0.15, 0.2) is 0 Å². The van der Waals surface area contributed by atoms with Crippen LogP contribution in [0.25, 0.3) is 0 Å². The van der Waals surface area contributed by atoms with E-state index >= 15 is 0 Å². The van der Waals surface area contributed by atoms with Gasteiger partial charge in [0.05, 0.1) is 16.4 Å². The molecule has 0 aliphatic heterocycles. The van der Waals surface area contributed by atoms with Gasteiger partial charge in [0.2, 0.25) is 0 Å². The van der Waals surface area contributed by atoms with E-state index in [1.165, 1.54) is 19.3 Å². The van der Waals surface area contributed by atoms with Gasteiger partial charge in [-0.15, -0.1) is 0 Å². The number of nitrogens with zero attached hydrogens (tertiary/aromatic N) is 2. The number of aryl methyl sites for hydroxylation is 2. The molecule has 19 heavy (non-hydrogen) atoms. The van der Waals surface area contributed by atoms with Gasteiger partial charge in [0.15, 0.2) is 0 Å². The summed E-state index contributed by atoms with van der Waals surface area (Å²) in [6.45, 7) is 4.40. The number of hydrogen-bond donors (Lipinski definition) is 2. The summed E-state index contributed by atoms with van der Waals surface area (Å²) < 4.78 is 1.91. The topological polar surface area (TPSA) is 55.9 Å². The van der Waals surface area contributed by atoms with Crippen molar-refractivity contribution in [1.29, 1.82) is 0 Å². The van der Waals surface area contributed by atoms with Crippen molar-refractivity contribution in [3.8, 4) is 0 Å². The number of halogens is 1. The van der Waals surface area contributed by atoms with Crippen LogP contribution in [0.5, 0.6) is 0 Å². The lowest BCUT2D eigenvalue weighted by Gasteiger charge is -2.26. The van der Waals surface area contributed by atoms with Crippen molar-refractivity contribution in [2.75, 3.05) is 0 Å². The Labute approximate surface area is 120 Å². The van der Waals surface area contributed by atoms with Crippen LogP contribution in [0.1, 0.15) is 44.5 Å². The van der Waals surface area contributed by atoms with Crippen LogP contribution in [0, 0.1) is 11.8 Å². The maximum absolute atomic E-state index is 6.42. The molecule has 1 aromatic heterocycles. The van der Waals surface area contributed by atoms with Crippen molar-refractivity contribution >= 4 is 11.6 Å². The van der Waals surface area contributed by atoms with Crippen LogP contribution >= 0.6 is 11.6 Å². The molecule has 4 nitrogen and oxygen atoms in total. The fourth-order valence-corrected chi connectivity index (χ4v) is 3.73. The molecule has 1 aliphatic carbocycles. The first-order valence-electron chi connectivity index (χ1n) is 7.24. The summed E-state index contributed by atoms with van der Waals surface area (Å²) in [4.78, 5) is 0. The molecule has 1 aromatic rings. The van der Waals surface area contributed by atoms with Crippen LogP contribution in [0.4, 0.5) is 0 Å². The first-order chi connectivity index (χ1) is 9.08. The third-order valence-corrected chi connectivity index (χ3v) is 5.01. The monoisotopic (exact) mass is 284 g/mol. The Morgan fingerprint density at radius 2 is 2.26 bits per heavy atom. The summed E-state index contributed by atoms with van der Waals surface area (Å²) in [5.41, 5.74) is 5.08. The number of hydrazine groups is 1. The quantitative estimate of drug-likeness (QED) is 0.645. The van der Waals surface area contributed by atoms with Crippen molar-refractivity contribution in [2.45, 2.75) is 52.0 Å². The molecule has 0 bridgehead atoms. The Bertz CT molecular complexity index is 429. The fourth-order valence-electron chi connectivity index (χ4n) is 3.36. The molecule has 1 fully saturated rings. The van der Waals surface area contributed by atoms with E-state index in [0.29, 0.717) is 5.92 Å². The van der Waals surface area contributed by atoms with Gasteiger partial charge >= 0.3 is 0 Å². The minimum atomic E-state index is 0.287. The molecule has 2 rings (SSSR count). The second-order valence-corrected chi connectivity index (χ2v) is 6.11. The molecule has 3 unspecified atom stereocenters. The van der Waals surface area contributed by atoms with E-state index in [0.717, 1.165) is 35.2 Å². The lowest BCUT2D eigenvalue weighted by molar-refractivity contribution is 0.294. The Balaban J connectivity index is 2.16. The first-order valence-corrected chi connectivity index (χ1v) is 7.62. The fraction of sp³-hybridized carbons (Fsp3) is 0.786. The number of hydrogen-bond acceptors (Lipinski definition) is 3. The van der Waals surface area contributed by atoms with Gasteiger partial charge < -0.3 is 0 Å². The van der Waals surface area contributed by atoms with E-state index < -0.39 is 0 Å². The van der Waals surface area contributed by atoms with Gasteiger partial charge in [-0.1, -0.05) is 38.3 Å². The van der Waals surface area contributed by atoms with E-state index in [1.807, 2.05) is 11.7 Å². The number of nitrogens with two attached hydrogens (primary N) is 1. The Kier molecular flexibility index (Phi) is 4.87. The minimum absolute atomic E-state index is 0.287. The van der Waals surface area contributed by atoms with E-state index in [-0.39, 0.29) is 6.04 Å². The average Bonchev–Trinajstić information content (AvgIpc) is 2.93. The highest BCUT2D eigenvalue weighted by molar-refractivity contribution is 6.31. The molecule has 0 amide bonds. The summed E-state index contributed by atoms with van der Waals surface area (Å²) in [6, 6.07) is 0.287. The maximum Gasteiger partial charge on any atom is 0.0850 e. The Hall–Kier alpha value is -0.580. The molecular formula is C14H25ClN4. The van der Waals surface area contributed by atoms with Crippen molar-refractivity contribution in [3.63, 3.8) is 0 Å². The molecule has 3 atom stereocenters. The molecule has 0 spiro atoms. The lowest BCUT2D eigenvalue weighted by Crippen LogP contribution is -2.43. The normalized spacial score (nSPS) is 24.9. The number of aromatic nitrogens is 2. The first kappa shape index (κ1) is 14.8. The summed E-state index contributed by atoms with van der Waals surface area (Å²) >= 11 is 6.42. The van der Waals surface area contributed by atoms with Gasteiger partial charge in [-0.3, -0.25) is 16.0 Å². The molecule has 0 aromatic carbocycles. The summed E-state index contributed by atoms with van der Waals surface area (Å²) in [6.07, 6.45) is 5.60. The highest BCUT2D eigenvalue weighted by atomic mass is 35.5. The minimum Gasteiger partial charge on any atom is -0.271 e. The predicted molar refractivity (Wildman–Crippen MR) is 78.9 cm³/mol. The van der Waals surface area contributed by atoms with Gasteiger partial charge in [0.1, 0.15) is 0 Å². The Morgan fingerprint density at radius 1 is 1.53 bits per heavy atom. The molecule has 0 radical (unpaired) electrons. The highest BCUT2D eigenvalue weighted by Gasteiger charge is 2.31. The Morgan fingerprint density at radius 3 is 2.74 bits per heavy atom. The highest BCUT2D eigenvalue weighted by Crippen LogP contribution is 2.35. The molecule has 1 aliphatic rings. The average molecular weight is 285 g/mol. The molecule has 3 N–H and O–H groups in total. The molecule has 5 heteroatoms. The number of rotatable bonds is 5. The summed E-state index contributed by atoms with van der Waals surface area (Å²) in [5.74, 6) is 7.15. The van der Waals surface area contributed by atoms with Crippen LogP contribution < -0.4 is 11.3 Å². The lowest BCUT2D eigenvalue weighted by atomic mass is 9.88. The van der Waals surface area contributed by atoms with E-state index in [4.69, 9.17) is 17.4 Å². The second kappa shape index (κ2) is 6.25. The SMILES string of the molecule is CCc1nn(C)c(CC(NN)C2CCCC2C)c1Cl. The molecule has 1 heterocycles.